The van der Waals surface area contributed by atoms with Gasteiger partial charge < -0.3 is 10.6 Å². The first kappa shape index (κ1) is 18.8. The van der Waals surface area contributed by atoms with Crippen LogP contribution in [0.15, 0.2) is 24.3 Å². The fraction of sp³-hybridized carbons (Fsp3) is 0.333. The van der Waals surface area contributed by atoms with E-state index in [-0.39, 0.29) is 29.6 Å². The molecule has 0 saturated heterocycles. The highest BCUT2D eigenvalue weighted by Gasteiger charge is 2.34. The molecule has 0 unspecified atom stereocenters. The lowest BCUT2D eigenvalue weighted by Gasteiger charge is -2.15. The van der Waals surface area contributed by atoms with E-state index in [0.717, 1.165) is 6.07 Å². The van der Waals surface area contributed by atoms with Gasteiger partial charge in [-0.1, -0.05) is 6.07 Å². The Bertz CT molecular complexity index is 755. The van der Waals surface area contributed by atoms with Crippen LogP contribution in [-0.4, -0.2) is 16.5 Å². The first-order chi connectivity index (χ1) is 11.5. The van der Waals surface area contributed by atoms with Gasteiger partial charge in [-0.3, -0.25) is 0 Å². The minimum absolute atomic E-state index is 0.00468. The molecule has 4 nitrogen and oxygen atoms in total. The Kier molecular flexibility index (Phi) is 5.09. The number of benzene rings is 1. The SMILES string of the molecule is CCNc1nc(Nc2ccc(C)c(C(F)(F)F)c2)cc(C(F)(F)F)n1. The summed E-state index contributed by atoms with van der Waals surface area (Å²) in [5.74, 6) is -0.543. The van der Waals surface area contributed by atoms with E-state index in [2.05, 4.69) is 20.6 Å². The van der Waals surface area contributed by atoms with Gasteiger partial charge in [0.2, 0.25) is 5.95 Å². The number of hydrogen-bond donors (Lipinski definition) is 2. The molecule has 2 aromatic rings. The maximum Gasteiger partial charge on any atom is 0.433 e. The average Bonchev–Trinajstić information content (AvgIpc) is 2.47. The molecule has 0 amide bonds. The lowest BCUT2D eigenvalue weighted by atomic mass is 10.1. The highest BCUT2D eigenvalue weighted by Crippen LogP contribution is 2.35. The van der Waals surface area contributed by atoms with Crippen molar-refractivity contribution in [2.75, 3.05) is 17.2 Å². The smallest absolute Gasteiger partial charge is 0.354 e. The summed E-state index contributed by atoms with van der Waals surface area (Å²) >= 11 is 0. The number of aromatic nitrogens is 2. The van der Waals surface area contributed by atoms with Gasteiger partial charge in [0.25, 0.3) is 0 Å². The van der Waals surface area contributed by atoms with E-state index in [1.807, 2.05) is 0 Å². The topological polar surface area (TPSA) is 49.8 Å². The highest BCUT2D eigenvalue weighted by molar-refractivity contribution is 5.60. The van der Waals surface area contributed by atoms with Gasteiger partial charge in [-0.05, 0) is 31.5 Å². The van der Waals surface area contributed by atoms with Crippen molar-refractivity contribution in [3.63, 3.8) is 0 Å². The van der Waals surface area contributed by atoms with Crippen molar-refractivity contribution < 1.29 is 26.3 Å². The molecule has 1 heterocycles. The second-order valence-electron chi connectivity index (χ2n) is 5.14. The second-order valence-corrected chi connectivity index (χ2v) is 5.14. The van der Waals surface area contributed by atoms with Crippen LogP contribution < -0.4 is 10.6 Å². The fourth-order valence-electron chi connectivity index (χ4n) is 2.05. The Balaban J connectivity index is 2.41. The van der Waals surface area contributed by atoms with Crippen molar-refractivity contribution >= 4 is 17.5 Å². The van der Waals surface area contributed by atoms with Crippen LogP contribution in [0.4, 0.5) is 43.8 Å². The molecule has 25 heavy (non-hydrogen) atoms. The van der Waals surface area contributed by atoms with Gasteiger partial charge in [0.05, 0.1) is 5.56 Å². The fourth-order valence-corrected chi connectivity index (χ4v) is 2.05. The number of nitrogens with zero attached hydrogens (tertiary/aromatic N) is 2. The largest absolute Gasteiger partial charge is 0.433 e. The van der Waals surface area contributed by atoms with E-state index in [9.17, 15) is 26.3 Å². The van der Waals surface area contributed by atoms with E-state index < -0.39 is 23.6 Å². The minimum atomic E-state index is -4.71. The number of halogens is 6. The molecule has 2 N–H and O–H groups in total. The molecule has 10 heteroatoms. The van der Waals surface area contributed by atoms with E-state index in [4.69, 9.17) is 0 Å². The zero-order valence-electron chi connectivity index (χ0n) is 13.2. The average molecular weight is 364 g/mol. The normalized spacial score (nSPS) is 12.2. The summed E-state index contributed by atoms with van der Waals surface area (Å²) in [6.45, 7) is 3.22. The third-order valence-electron chi connectivity index (χ3n) is 3.17. The van der Waals surface area contributed by atoms with Crippen LogP contribution in [0.2, 0.25) is 0 Å². The third-order valence-corrected chi connectivity index (χ3v) is 3.17. The van der Waals surface area contributed by atoms with Gasteiger partial charge in [0, 0.05) is 18.3 Å². The van der Waals surface area contributed by atoms with Crippen molar-refractivity contribution in [3.05, 3.63) is 41.1 Å². The highest BCUT2D eigenvalue weighted by atomic mass is 19.4. The quantitative estimate of drug-likeness (QED) is 0.750. The standard InChI is InChI=1S/C15H14F6N4/c1-3-22-13-24-11(15(19,20)21)7-12(25-13)23-9-5-4-8(2)10(6-9)14(16,17)18/h4-7H,3H2,1-2H3,(H2,22,23,24,25). The van der Waals surface area contributed by atoms with Gasteiger partial charge in [-0.2, -0.15) is 31.3 Å². The van der Waals surface area contributed by atoms with Crippen molar-refractivity contribution in [1.29, 1.82) is 0 Å². The molecular weight excluding hydrogens is 350 g/mol. The molecule has 0 radical (unpaired) electrons. The van der Waals surface area contributed by atoms with Gasteiger partial charge in [0.1, 0.15) is 5.82 Å². The lowest BCUT2D eigenvalue weighted by Crippen LogP contribution is -2.13. The number of nitrogens with one attached hydrogen (secondary N) is 2. The first-order valence-electron chi connectivity index (χ1n) is 7.15. The molecule has 0 aliphatic rings. The number of anilines is 3. The molecule has 136 valence electrons. The zero-order valence-corrected chi connectivity index (χ0v) is 13.2. The summed E-state index contributed by atoms with van der Waals surface area (Å²) in [5.41, 5.74) is -2.11. The number of rotatable bonds is 4. The molecule has 0 spiro atoms. The van der Waals surface area contributed by atoms with Crippen LogP contribution in [0.3, 0.4) is 0 Å². The van der Waals surface area contributed by atoms with Gasteiger partial charge in [-0.15, -0.1) is 0 Å². The maximum absolute atomic E-state index is 12.9. The van der Waals surface area contributed by atoms with E-state index in [0.29, 0.717) is 6.07 Å². The molecular formula is C15H14F6N4. The Morgan fingerprint density at radius 1 is 0.960 bits per heavy atom. The van der Waals surface area contributed by atoms with Crippen LogP contribution in [-0.2, 0) is 12.4 Å². The Hall–Kier alpha value is -2.52. The van der Waals surface area contributed by atoms with Gasteiger partial charge in [-0.25, -0.2) is 4.98 Å². The van der Waals surface area contributed by atoms with Crippen LogP contribution in [0.25, 0.3) is 0 Å². The Morgan fingerprint density at radius 3 is 2.20 bits per heavy atom. The molecule has 0 bridgehead atoms. The monoisotopic (exact) mass is 364 g/mol. The zero-order chi connectivity index (χ0) is 18.8. The number of alkyl halides is 6. The molecule has 1 aromatic carbocycles. The summed E-state index contributed by atoms with van der Waals surface area (Å²) < 4.78 is 77.5. The van der Waals surface area contributed by atoms with Crippen LogP contribution in [0, 0.1) is 6.92 Å². The van der Waals surface area contributed by atoms with E-state index in [1.165, 1.54) is 19.1 Å². The molecule has 0 saturated carbocycles. The Labute approximate surface area is 139 Å². The second kappa shape index (κ2) is 6.77. The summed E-state index contributed by atoms with van der Waals surface area (Å²) in [4.78, 5) is 7.17. The number of hydrogen-bond acceptors (Lipinski definition) is 4. The minimum Gasteiger partial charge on any atom is -0.354 e. The molecule has 0 aliphatic heterocycles. The van der Waals surface area contributed by atoms with Crippen molar-refractivity contribution in [2.24, 2.45) is 0 Å². The number of aryl methyl sites for hydroxylation is 1. The van der Waals surface area contributed by atoms with Crippen LogP contribution >= 0.6 is 0 Å². The predicted molar refractivity (Wildman–Crippen MR) is 80.7 cm³/mol. The van der Waals surface area contributed by atoms with Crippen LogP contribution in [0.1, 0.15) is 23.7 Å². The summed E-state index contributed by atoms with van der Waals surface area (Å²) in [7, 11) is 0. The molecule has 0 aliphatic carbocycles. The van der Waals surface area contributed by atoms with E-state index >= 15 is 0 Å². The summed E-state index contributed by atoms with van der Waals surface area (Å²) in [6.07, 6.45) is -9.28. The van der Waals surface area contributed by atoms with Crippen LogP contribution in [0.5, 0.6) is 0 Å². The van der Waals surface area contributed by atoms with Gasteiger partial charge >= 0.3 is 12.4 Å². The first-order valence-corrected chi connectivity index (χ1v) is 7.15. The Morgan fingerprint density at radius 2 is 1.64 bits per heavy atom. The third kappa shape index (κ3) is 4.74. The molecule has 2 rings (SSSR count). The maximum atomic E-state index is 12.9. The predicted octanol–water partition coefficient (Wildman–Crippen LogP) is 5.00. The van der Waals surface area contributed by atoms with Crippen molar-refractivity contribution in [1.82, 2.24) is 9.97 Å². The molecule has 0 atom stereocenters. The van der Waals surface area contributed by atoms with Crippen molar-refractivity contribution in [2.45, 2.75) is 26.2 Å². The summed E-state index contributed by atoms with van der Waals surface area (Å²) in [6, 6.07) is 4.00. The lowest BCUT2D eigenvalue weighted by molar-refractivity contribution is -0.141. The molecule has 0 fully saturated rings. The van der Waals surface area contributed by atoms with Gasteiger partial charge in [0.15, 0.2) is 5.69 Å². The van der Waals surface area contributed by atoms with Crippen molar-refractivity contribution in [3.8, 4) is 0 Å². The summed E-state index contributed by atoms with van der Waals surface area (Å²) in [5, 5.41) is 5.01. The molecule has 1 aromatic heterocycles. The van der Waals surface area contributed by atoms with E-state index in [1.54, 1.807) is 6.92 Å².